The van der Waals surface area contributed by atoms with E-state index in [1.165, 1.54) is 6.21 Å². The molecule has 0 aliphatic carbocycles. The maximum atomic E-state index is 11.6. The van der Waals surface area contributed by atoms with Crippen molar-refractivity contribution in [2.24, 2.45) is 4.40 Å². The average Bonchev–Trinajstić information content (AvgIpc) is 2.90. The molecule has 5 nitrogen and oxygen atoms in total. The molecule has 0 aliphatic rings. The Hall–Kier alpha value is -1.31. The number of hydrogen-bond donors (Lipinski definition) is 0. The van der Waals surface area contributed by atoms with Crippen LogP contribution in [-0.4, -0.2) is 21.7 Å². The summed E-state index contributed by atoms with van der Waals surface area (Å²) in [6, 6.07) is 9.77. The van der Waals surface area contributed by atoms with Crippen LogP contribution in [0.5, 0.6) is 5.88 Å². The van der Waals surface area contributed by atoms with E-state index < -0.39 is 11.4 Å². The largest absolute Gasteiger partial charge is 0.591 e. The zero-order chi connectivity index (χ0) is 15.8. The maximum absolute atomic E-state index is 11.6. The minimum Gasteiger partial charge on any atom is -0.591 e. The summed E-state index contributed by atoms with van der Waals surface area (Å²) >= 11 is 2.12. The molecule has 1 unspecified atom stereocenters. The van der Waals surface area contributed by atoms with Crippen LogP contribution >= 0.6 is 15.9 Å². The van der Waals surface area contributed by atoms with Gasteiger partial charge in [0.2, 0.25) is 5.76 Å². The van der Waals surface area contributed by atoms with Crippen LogP contribution in [0.4, 0.5) is 0 Å². The van der Waals surface area contributed by atoms with Crippen molar-refractivity contribution in [1.82, 2.24) is 5.16 Å². The summed E-state index contributed by atoms with van der Waals surface area (Å²) in [5, 5.41) is 3.84. The Bertz CT molecular complexity index is 604. The Balaban J connectivity index is 1.93. The topological polar surface area (TPSA) is 70.7 Å². The van der Waals surface area contributed by atoms with E-state index in [2.05, 4.69) is 25.5 Å². The summed E-state index contributed by atoms with van der Waals surface area (Å²) in [6.07, 6.45) is 3.29. The molecule has 0 saturated heterocycles. The predicted molar refractivity (Wildman–Crippen MR) is 90.5 cm³/mol. The fourth-order valence-electron chi connectivity index (χ4n) is 1.60. The van der Waals surface area contributed by atoms with Crippen molar-refractivity contribution in [3.8, 4) is 5.88 Å². The first-order valence-corrected chi connectivity index (χ1v) is 9.02. The molecule has 1 atom stereocenters. The zero-order valence-corrected chi connectivity index (χ0v) is 14.6. The van der Waals surface area contributed by atoms with Gasteiger partial charge in [-0.25, -0.2) is 0 Å². The molecule has 0 saturated carbocycles. The second kappa shape index (κ2) is 8.97. The molecule has 118 valence electrons. The van der Waals surface area contributed by atoms with Crippen LogP contribution in [0.25, 0.3) is 0 Å². The van der Waals surface area contributed by atoms with E-state index in [0.29, 0.717) is 28.5 Å². The Morgan fingerprint density at radius 3 is 2.91 bits per heavy atom. The van der Waals surface area contributed by atoms with Crippen molar-refractivity contribution >= 4 is 33.5 Å². The lowest BCUT2D eigenvalue weighted by Gasteiger charge is -2.02. The van der Waals surface area contributed by atoms with Crippen LogP contribution in [0.1, 0.15) is 31.1 Å². The molecular formula is C15H17BrN2O3S. The van der Waals surface area contributed by atoms with Crippen molar-refractivity contribution in [2.75, 3.05) is 5.75 Å². The fraction of sp³-hybridized carbons (Fsp3) is 0.333. The summed E-state index contributed by atoms with van der Waals surface area (Å²) in [6.45, 7) is 2.44. The van der Waals surface area contributed by atoms with E-state index in [9.17, 15) is 4.55 Å². The molecule has 2 aromatic rings. The van der Waals surface area contributed by atoms with E-state index in [4.69, 9.17) is 9.26 Å². The van der Waals surface area contributed by atoms with Gasteiger partial charge in [-0.05, 0) is 33.1 Å². The number of halogens is 1. The van der Waals surface area contributed by atoms with Gasteiger partial charge in [0.25, 0.3) is 5.88 Å². The minimum atomic E-state index is -1.23. The van der Waals surface area contributed by atoms with Gasteiger partial charge in [-0.15, -0.1) is 0 Å². The van der Waals surface area contributed by atoms with E-state index in [1.807, 2.05) is 37.3 Å². The molecule has 0 aliphatic heterocycles. The molecule has 1 heterocycles. The van der Waals surface area contributed by atoms with Crippen LogP contribution in [0.15, 0.2) is 43.7 Å². The Kier molecular flexibility index (Phi) is 6.95. The van der Waals surface area contributed by atoms with Crippen molar-refractivity contribution in [2.45, 2.75) is 26.4 Å². The smallest absolute Gasteiger partial charge is 0.269 e. The van der Waals surface area contributed by atoms with Crippen LogP contribution in [0, 0.1) is 0 Å². The first-order chi connectivity index (χ1) is 10.7. The lowest BCUT2D eigenvalue weighted by atomic mass is 10.2. The maximum Gasteiger partial charge on any atom is 0.269 e. The number of aromatic nitrogens is 1. The molecule has 0 amide bonds. The van der Waals surface area contributed by atoms with Crippen LogP contribution in [0.3, 0.4) is 0 Å². The third-order valence-electron chi connectivity index (χ3n) is 2.81. The van der Waals surface area contributed by atoms with Gasteiger partial charge in [0.05, 0.1) is 11.4 Å². The lowest BCUT2D eigenvalue weighted by Crippen LogP contribution is -2.02. The summed E-state index contributed by atoms with van der Waals surface area (Å²) in [5.41, 5.74) is 1.04. The summed E-state index contributed by atoms with van der Waals surface area (Å²) in [5.74, 6) is 1.30. The van der Waals surface area contributed by atoms with Gasteiger partial charge in [-0.3, -0.25) is 0 Å². The highest BCUT2D eigenvalue weighted by atomic mass is 79.9. The van der Waals surface area contributed by atoms with Gasteiger partial charge in [0.15, 0.2) is 0 Å². The van der Waals surface area contributed by atoms with Crippen molar-refractivity contribution in [3.05, 3.63) is 46.1 Å². The normalized spacial score (nSPS) is 12.7. The number of unbranched alkanes of at least 4 members (excludes halogenated alkanes) is 1. The van der Waals surface area contributed by atoms with E-state index in [-0.39, 0.29) is 0 Å². The highest BCUT2D eigenvalue weighted by molar-refractivity contribution is 9.10. The molecule has 7 heteroatoms. The fourth-order valence-corrected chi connectivity index (χ4v) is 2.82. The van der Waals surface area contributed by atoms with E-state index in [0.717, 1.165) is 18.4 Å². The SMILES string of the molecule is CCCC[S+]([O-])/N=C/c1onc(OCc2ccccc2)c1Br. The molecule has 0 bridgehead atoms. The number of hydrogen-bond acceptors (Lipinski definition) is 5. The standard InChI is InChI=1S/C15H17BrN2O3S/c1-2-3-9-22(19)17-10-13-14(16)15(18-21-13)20-11-12-7-5-4-6-8-12/h4-8,10H,2-3,9,11H2,1H3/b17-10+. The zero-order valence-electron chi connectivity index (χ0n) is 12.2. The van der Waals surface area contributed by atoms with Crippen LogP contribution in [0.2, 0.25) is 0 Å². The lowest BCUT2D eigenvalue weighted by molar-refractivity contribution is 0.268. The highest BCUT2D eigenvalue weighted by Gasteiger charge is 2.14. The molecule has 2 rings (SSSR count). The van der Waals surface area contributed by atoms with Crippen molar-refractivity contribution < 1.29 is 13.8 Å². The third-order valence-corrected chi connectivity index (χ3v) is 4.52. The minimum absolute atomic E-state index is 0.352. The van der Waals surface area contributed by atoms with Crippen molar-refractivity contribution in [1.29, 1.82) is 0 Å². The Labute approximate surface area is 141 Å². The van der Waals surface area contributed by atoms with Gasteiger partial charge in [0, 0.05) is 0 Å². The molecule has 1 aromatic carbocycles. The number of ether oxygens (including phenoxy) is 1. The van der Waals surface area contributed by atoms with Gasteiger partial charge in [0.1, 0.15) is 23.0 Å². The second-order valence-corrected chi connectivity index (χ2v) is 6.61. The Morgan fingerprint density at radius 1 is 1.41 bits per heavy atom. The molecule has 0 N–H and O–H groups in total. The number of benzene rings is 1. The predicted octanol–water partition coefficient (Wildman–Crippen LogP) is 3.90. The second-order valence-electron chi connectivity index (χ2n) is 4.55. The highest BCUT2D eigenvalue weighted by Crippen LogP contribution is 2.27. The summed E-state index contributed by atoms with van der Waals surface area (Å²) in [4.78, 5) is 0. The molecule has 0 fully saturated rings. The quantitative estimate of drug-likeness (QED) is 0.511. The van der Waals surface area contributed by atoms with Gasteiger partial charge >= 0.3 is 0 Å². The summed E-state index contributed by atoms with van der Waals surface area (Å²) < 4.78 is 26.8. The number of rotatable bonds is 8. The molecule has 0 spiro atoms. The van der Waals surface area contributed by atoms with Crippen LogP contribution < -0.4 is 4.74 Å². The first kappa shape index (κ1) is 17.1. The van der Waals surface area contributed by atoms with E-state index >= 15 is 0 Å². The van der Waals surface area contributed by atoms with Crippen LogP contribution in [-0.2, 0) is 18.0 Å². The molecule has 0 radical (unpaired) electrons. The van der Waals surface area contributed by atoms with Gasteiger partial charge in [-0.2, -0.15) is 0 Å². The summed E-state index contributed by atoms with van der Waals surface area (Å²) in [7, 11) is 0. The van der Waals surface area contributed by atoms with Gasteiger partial charge in [-0.1, -0.05) is 48.1 Å². The number of nitrogens with zero attached hydrogens (tertiary/aromatic N) is 2. The molecule has 1 aromatic heterocycles. The van der Waals surface area contributed by atoms with Gasteiger partial charge < -0.3 is 13.8 Å². The van der Waals surface area contributed by atoms with E-state index in [1.54, 1.807) is 0 Å². The van der Waals surface area contributed by atoms with Crippen molar-refractivity contribution in [3.63, 3.8) is 0 Å². The monoisotopic (exact) mass is 384 g/mol. The Morgan fingerprint density at radius 2 is 2.18 bits per heavy atom. The molecular weight excluding hydrogens is 368 g/mol. The molecule has 22 heavy (non-hydrogen) atoms. The third kappa shape index (κ3) is 5.15. The average molecular weight is 385 g/mol. The first-order valence-electron chi connectivity index (χ1n) is 6.95.